The second-order valence-corrected chi connectivity index (χ2v) is 5.09. The Hall–Kier alpha value is -2.77. The number of aliphatic hydroxyl groups excluding tert-OH is 3. The number of primary amides is 1. The van der Waals surface area contributed by atoms with Crippen LogP contribution in [0.3, 0.4) is 0 Å². The van der Waals surface area contributed by atoms with Gasteiger partial charge in [-0.1, -0.05) is 5.16 Å². The van der Waals surface area contributed by atoms with Crippen LogP contribution in [-0.2, 0) is 9.59 Å². The number of nitrogens with one attached hydrogen (secondary N) is 2. The molecule has 1 rings (SSSR count). The van der Waals surface area contributed by atoms with E-state index in [-0.39, 0.29) is 11.7 Å². The number of aliphatic carboxylic acids is 1. The van der Waals surface area contributed by atoms with E-state index in [2.05, 4.69) is 15.5 Å². The number of urea groups is 1. The quantitative estimate of drug-likeness (QED) is 0.238. The highest BCUT2D eigenvalue weighted by Gasteiger charge is 2.29. The molecule has 0 fully saturated rings. The fraction of sp³-hybridized carbons (Fsp3) is 0.583. The topological polar surface area (TPSA) is 221 Å². The van der Waals surface area contributed by atoms with Crippen molar-refractivity contribution in [2.75, 3.05) is 6.61 Å². The van der Waals surface area contributed by atoms with Crippen LogP contribution >= 0.6 is 0 Å². The molecule has 13 heteroatoms. The summed E-state index contributed by atoms with van der Waals surface area (Å²) in [5.41, 5.74) is 5.07. The SMILES string of the molecule is CC(O)[C@H](NC(=O)N[C@@H](CC(N)=O)c1nc([C@@H](O)CO)no1)C(=O)O. The van der Waals surface area contributed by atoms with Gasteiger partial charge in [0.05, 0.1) is 19.1 Å². The molecule has 0 radical (unpaired) electrons. The lowest BCUT2D eigenvalue weighted by molar-refractivity contribution is -0.141. The molecule has 25 heavy (non-hydrogen) atoms. The normalized spacial score (nSPS) is 15.7. The van der Waals surface area contributed by atoms with Gasteiger partial charge in [0, 0.05) is 0 Å². The molecule has 0 aliphatic heterocycles. The number of hydrogen-bond acceptors (Lipinski definition) is 9. The predicted octanol–water partition coefficient (Wildman–Crippen LogP) is -2.85. The van der Waals surface area contributed by atoms with Gasteiger partial charge in [0.1, 0.15) is 12.1 Å². The summed E-state index contributed by atoms with van der Waals surface area (Å²) in [6.45, 7) is 0.489. The van der Waals surface area contributed by atoms with Crippen molar-refractivity contribution in [3.63, 3.8) is 0 Å². The zero-order valence-corrected chi connectivity index (χ0v) is 13.1. The van der Waals surface area contributed by atoms with E-state index in [9.17, 15) is 24.6 Å². The predicted molar refractivity (Wildman–Crippen MR) is 77.7 cm³/mol. The summed E-state index contributed by atoms with van der Waals surface area (Å²) < 4.78 is 4.80. The fourth-order valence-corrected chi connectivity index (χ4v) is 1.74. The molecule has 1 unspecified atom stereocenters. The Morgan fingerprint density at radius 1 is 1.28 bits per heavy atom. The fourth-order valence-electron chi connectivity index (χ4n) is 1.74. The van der Waals surface area contributed by atoms with Gasteiger partial charge >= 0.3 is 12.0 Å². The smallest absolute Gasteiger partial charge is 0.328 e. The van der Waals surface area contributed by atoms with Crippen molar-refractivity contribution in [2.45, 2.75) is 37.6 Å². The molecule has 0 saturated carbocycles. The van der Waals surface area contributed by atoms with Crippen LogP contribution in [0.4, 0.5) is 4.79 Å². The van der Waals surface area contributed by atoms with Gasteiger partial charge in [-0.25, -0.2) is 9.59 Å². The molecule has 0 aliphatic carbocycles. The summed E-state index contributed by atoms with van der Waals surface area (Å²) in [5.74, 6) is -2.87. The maximum Gasteiger partial charge on any atom is 0.328 e. The maximum atomic E-state index is 11.9. The van der Waals surface area contributed by atoms with Crippen molar-refractivity contribution in [1.82, 2.24) is 20.8 Å². The molecule has 1 aromatic heterocycles. The van der Waals surface area contributed by atoms with Gasteiger partial charge in [-0.2, -0.15) is 4.98 Å². The summed E-state index contributed by atoms with van der Waals surface area (Å²) >= 11 is 0. The number of carbonyl (C=O) groups excluding carboxylic acids is 2. The van der Waals surface area contributed by atoms with E-state index in [1.807, 2.05) is 5.32 Å². The van der Waals surface area contributed by atoms with Crippen LogP contribution in [0.5, 0.6) is 0 Å². The molecule has 0 bridgehead atoms. The minimum atomic E-state index is -1.59. The van der Waals surface area contributed by atoms with Gasteiger partial charge in [0.2, 0.25) is 17.6 Å². The zero-order chi connectivity index (χ0) is 19.1. The highest BCUT2D eigenvalue weighted by molar-refractivity contribution is 5.83. The molecule has 8 N–H and O–H groups in total. The van der Waals surface area contributed by atoms with Crippen LogP contribution in [0.2, 0.25) is 0 Å². The van der Waals surface area contributed by atoms with E-state index in [1.54, 1.807) is 0 Å². The summed E-state index contributed by atoms with van der Waals surface area (Å²) in [5, 5.41) is 44.1. The van der Waals surface area contributed by atoms with Gasteiger partial charge in [0.15, 0.2) is 6.04 Å². The third-order valence-corrected chi connectivity index (χ3v) is 2.97. The Kier molecular flexibility index (Phi) is 7.22. The second-order valence-electron chi connectivity index (χ2n) is 5.09. The molecule has 0 aromatic carbocycles. The summed E-state index contributed by atoms with van der Waals surface area (Å²) in [4.78, 5) is 37.7. The number of nitrogens with two attached hydrogens (primary N) is 1. The largest absolute Gasteiger partial charge is 0.480 e. The minimum Gasteiger partial charge on any atom is -0.480 e. The van der Waals surface area contributed by atoms with Gasteiger partial charge in [-0.3, -0.25) is 4.79 Å². The molecule has 13 nitrogen and oxygen atoms in total. The second kappa shape index (κ2) is 8.91. The van der Waals surface area contributed by atoms with Crippen LogP contribution in [-0.4, -0.2) is 67.2 Å². The van der Waals surface area contributed by atoms with Crippen molar-refractivity contribution >= 4 is 17.9 Å². The first-order valence-corrected chi connectivity index (χ1v) is 7.04. The summed E-state index contributed by atoms with van der Waals surface area (Å²) in [7, 11) is 0. The molecule has 3 amide bonds. The highest BCUT2D eigenvalue weighted by atomic mass is 16.5. The lowest BCUT2D eigenvalue weighted by atomic mass is 10.2. The molecule has 0 saturated heterocycles. The molecule has 0 spiro atoms. The zero-order valence-electron chi connectivity index (χ0n) is 13.1. The van der Waals surface area contributed by atoms with Gasteiger partial charge < -0.3 is 41.3 Å². The van der Waals surface area contributed by atoms with Crippen molar-refractivity contribution in [2.24, 2.45) is 5.73 Å². The Morgan fingerprint density at radius 2 is 1.92 bits per heavy atom. The monoisotopic (exact) mass is 361 g/mol. The van der Waals surface area contributed by atoms with Crippen LogP contribution in [0.25, 0.3) is 0 Å². The molecule has 4 atom stereocenters. The van der Waals surface area contributed by atoms with Crippen molar-refractivity contribution in [3.8, 4) is 0 Å². The molecule has 140 valence electrons. The first-order valence-electron chi connectivity index (χ1n) is 7.04. The minimum absolute atomic E-state index is 0.276. The number of carboxylic acids is 1. The number of carboxylic acid groups (broad SMARTS) is 1. The molecule has 1 heterocycles. The molecular weight excluding hydrogens is 342 g/mol. The average molecular weight is 361 g/mol. The molecular formula is C12H19N5O8. The number of aliphatic hydroxyl groups is 3. The number of carbonyl (C=O) groups is 3. The highest BCUT2D eigenvalue weighted by Crippen LogP contribution is 2.17. The Morgan fingerprint density at radius 3 is 2.40 bits per heavy atom. The molecule has 0 aliphatic rings. The number of hydrogen-bond donors (Lipinski definition) is 7. The first-order chi connectivity index (χ1) is 11.6. The lowest BCUT2D eigenvalue weighted by Gasteiger charge is -2.19. The Labute approximate surface area is 140 Å². The van der Waals surface area contributed by atoms with E-state index in [0.717, 1.165) is 0 Å². The van der Waals surface area contributed by atoms with Crippen molar-refractivity contribution in [3.05, 3.63) is 11.7 Å². The molecule has 1 aromatic rings. The van der Waals surface area contributed by atoms with Crippen LogP contribution in [0, 0.1) is 0 Å². The lowest BCUT2D eigenvalue weighted by Crippen LogP contribution is -2.52. The third kappa shape index (κ3) is 5.98. The van der Waals surface area contributed by atoms with Gasteiger partial charge in [-0.05, 0) is 6.92 Å². The third-order valence-electron chi connectivity index (χ3n) is 2.97. The number of amides is 3. The van der Waals surface area contributed by atoms with Crippen molar-refractivity contribution < 1.29 is 39.3 Å². The van der Waals surface area contributed by atoms with Crippen LogP contribution < -0.4 is 16.4 Å². The van der Waals surface area contributed by atoms with E-state index in [4.69, 9.17) is 20.5 Å². The number of aromatic nitrogens is 2. The van der Waals surface area contributed by atoms with E-state index >= 15 is 0 Å². The van der Waals surface area contributed by atoms with E-state index in [1.165, 1.54) is 6.92 Å². The van der Waals surface area contributed by atoms with Gasteiger partial charge in [0.25, 0.3) is 0 Å². The van der Waals surface area contributed by atoms with Crippen molar-refractivity contribution in [1.29, 1.82) is 0 Å². The average Bonchev–Trinajstić information content (AvgIpc) is 3.00. The maximum absolute atomic E-state index is 11.9. The summed E-state index contributed by atoms with van der Waals surface area (Å²) in [6, 6.07) is -3.85. The number of rotatable bonds is 9. The Bertz CT molecular complexity index is 618. The van der Waals surface area contributed by atoms with Crippen LogP contribution in [0.15, 0.2) is 4.52 Å². The van der Waals surface area contributed by atoms with Crippen LogP contribution in [0.1, 0.15) is 37.2 Å². The Balaban J connectivity index is 2.89. The first kappa shape index (κ1) is 20.3. The van der Waals surface area contributed by atoms with E-state index in [0.29, 0.717) is 0 Å². The number of nitrogens with zero attached hydrogens (tertiary/aromatic N) is 2. The standard InChI is InChI=1S/C12H19N5O8/c1-4(19)8(11(22)23)15-12(24)14-5(2-7(13)21)10-16-9(17-25-10)6(20)3-18/h4-6,8,18-20H,2-3H2,1H3,(H2,13,21)(H,22,23)(H2,14,15,24)/t4?,5-,6-,8-/m0/s1. The van der Waals surface area contributed by atoms with E-state index < -0.39 is 55.2 Å². The van der Waals surface area contributed by atoms with Gasteiger partial charge in [-0.15, -0.1) is 0 Å². The summed E-state index contributed by atoms with van der Waals surface area (Å²) in [6.07, 6.45) is -3.27.